The standard InChI is InChI=1S/C23H27N3O5S/c1-29-15-11-13(12-16(30-2)21(15)31-3)24-19(27)10-9-18-25-22(28)20-14-7-5-4-6-8-17(14)32-23(20)26-18/h11-12,20H,4-10H2,1-3H3,(H,24,27). The van der Waals surface area contributed by atoms with Crippen LogP contribution in [0.15, 0.2) is 32.6 Å². The van der Waals surface area contributed by atoms with Crippen molar-refractivity contribution < 1.29 is 23.8 Å². The van der Waals surface area contributed by atoms with Crippen molar-refractivity contribution in [1.29, 1.82) is 0 Å². The molecule has 0 aromatic heterocycles. The summed E-state index contributed by atoms with van der Waals surface area (Å²) in [4.78, 5) is 35.4. The minimum absolute atomic E-state index is 0.144. The highest BCUT2D eigenvalue weighted by Gasteiger charge is 2.39. The maximum atomic E-state index is 12.7. The Bertz CT molecular complexity index is 1010. The lowest BCUT2D eigenvalue weighted by Gasteiger charge is -2.17. The summed E-state index contributed by atoms with van der Waals surface area (Å²) in [5.41, 5.74) is 1.75. The molecular formula is C23H27N3O5S. The smallest absolute Gasteiger partial charge is 0.261 e. The van der Waals surface area contributed by atoms with Crippen LogP contribution in [0.25, 0.3) is 0 Å². The van der Waals surface area contributed by atoms with Crippen LogP contribution in [0, 0.1) is 5.92 Å². The number of benzene rings is 1. The van der Waals surface area contributed by atoms with E-state index in [0.717, 1.165) is 30.7 Å². The van der Waals surface area contributed by atoms with Crippen molar-refractivity contribution in [2.75, 3.05) is 26.6 Å². The quantitative estimate of drug-likeness (QED) is 0.654. The first-order chi connectivity index (χ1) is 15.5. The number of amidine groups is 1. The molecule has 1 N–H and O–H groups in total. The van der Waals surface area contributed by atoms with E-state index in [1.165, 1.54) is 38.2 Å². The van der Waals surface area contributed by atoms with E-state index in [1.54, 1.807) is 23.9 Å². The van der Waals surface area contributed by atoms with Gasteiger partial charge in [0.25, 0.3) is 5.91 Å². The Hall–Kier alpha value is -2.81. The Kier molecular flexibility index (Phi) is 6.83. The van der Waals surface area contributed by atoms with Crippen molar-refractivity contribution in [2.45, 2.75) is 44.9 Å². The minimum Gasteiger partial charge on any atom is -0.493 e. The number of nitrogens with one attached hydrogen (secondary N) is 1. The molecule has 0 saturated heterocycles. The first-order valence-electron chi connectivity index (χ1n) is 10.7. The van der Waals surface area contributed by atoms with E-state index >= 15 is 0 Å². The summed E-state index contributed by atoms with van der Waals surface area (Å²) in [5, 5.41) is 3.66. The topological polar surface area (TPSA) is 98.6 Å². The monoisotopic (exact) mass is 457 g/mol. The van der Waals surface area contributed by atoms with Crippen molar-refractivity contribution in [3.05, 3.63) is 22.6 Å². The van der Waals surface area contributed by atoms with E-state index in [-0.39, 0.29) is 24.2 Å². The number of methoxy groups -OCH3 is 3. The van der Waals surface area contributed by atoms with Crippen LogP contribution in [0.2, 0.25) is 0 Å². The fraction of sp³-hybridized carbons (Fsp3) is 0.478. The van der Waals surface area contributed by atoms with Gasteiger partial charge in [0.05, 0.1) is 26.4 Å². The lowest BCUT2D eigenvalue weighted by atomic mass is 9.94. The molecular weight excluding hydrogens is 430 g/mol. The van der Waals surface area contributed by atoms with Gasteiger partial charge in [-0.25, -0.2) is 4.99 Å². The second-order valence-corrected chi connectivity index (χ2v) is 8.94. The summed E-state index contributed by atoms with van der Waals surface area (Å²) in [6.07, 6.45) is 5.92. The van der Waals surface area contributed by atoms with Gasteiger partial charge in [-0.1, -0.05) is 18.2 Å². The van der Waals surface area contributed by atoms with Crippen molar-refractivity contribution in [1.82, 2.24) is 0 Å². The lowest BCUT2D eigenvalue weighted by Crippen LogP contribution is -2.26. The van der Waals surface area contributed by atoms with Crippen molar-refractivity contribution in [3.8, 4) is 17.2 Å². The Balaban J connectivity index is 1.39. The van der Waals surface area contributed by atoms with E-state index < -0.39 is 0 Å². The van der Waals surface area contributed by atoms with Gasteiger partial charge >= 0.3 is 0 Å². The molecule has 0 spiro atoms. The lowest BCUT2D eigenvalue weighted by molar-refractivity contribution is -0.119. The fourth-order valence-corrected chi connectivity index (χ4v) is 5.60. The molecule has 1 atom stereocenters. The van der Waals surface area contributed by atoms with Crippen molar-refractivity contribution >= 4 is 40.1 Å². The number of hydrogen-bond donors (Lipinski definition) is 1. The van der Waals surface area contributed by atoms with Crippen LogP contribution in [-0.2, 0) is 9.59 Å². The Morgan fingerprint density at radius 3 is 2.47 bits per heavy atom. The van der Waals surface area contributed by atoms with E-state index in [2.05, 4.69) is 15.3 Å². The third kappa shape index (κ3) is 4.53. The number of nitrogens with zero attached hydrogens (tertiary/aromatic N) is 2. The number of thioether (sulfide) groups is 1. The average molecular weight is 458 g/mol. The zero-order chi connectivity index (χ0) is 22.7. The Morgan fingerprint density at radius 2 is 1.78 bits per heavy atom. The molecule has 3 aliphatic rings. The molecule has 1 aliphatic carbocycles. The molecule has 0 fully saturated rings. The van der Waals surface area contributed by atoms with Crippen LogP contribution >= 0.6 is 11.8 Å². The zero-order valence-electron chi connectivity index (χ0n) is 18.5. The zero-order valence-corrected chi connectivity index (χ0v) is 19.3. The largest absolute Gasteiger partial charge is 0.493 e. The predicted octanol–water partition coefficient (Wildman–Crippen LogP) is 4.35. The molecule has 0 bridgehead atoms. The summed E-state index contributed by atoms with van der Waals surface area (Å²) < 4.78 is 15.9. The van der Waals surface area contributed by atoms with Gasteiger partial charge in [0.2, 0.25) is 11.7 Å². The predicted molar refractivity (Wildman–Crippen MR) is 125 cm³/mol. The highest BCUT2D eigenvalue weighted by atomic mass is 32.2. The number of aliphatic imine (C=N–C) groups is 2. The number of fused-ring (bicyclic) bond motifs is 2. The van der Waals surface area contributed by atoms with Crippen LogP contribution in [-0.4, -0.2) is 44.0 Å². The molecule has 0 radical (unpaired) electrons. The van der Waals surface area contributed by atoms with Crippen molar-refractivity contribution in [2.24, 2.45) is 15.9 Å². The number of ether oxygens (including phenoxy) is 3. The van der Waals surface area contributed by atoms with Gasteiger partial charge in [-0.15, -0.1) is 0 Å². The number of allylic oxidation sites excluding steroid dienone is 1. The first kappa shape index (κ1) is 22.4. The Morgan fingerprint density at radius 1 is 1.06 bits per heavy atom. The molecule has 9 heteroatoms. The maximum absolute atomic E-state index is 12.7. The van der Waals surface area contributed by atoms with Crippen LogP contribution in [0.4, 0.5) is 5.69 Å². The van der Waals surface area contributed by atoms with Gasteiger partial charge < -0.3 is 19.5 Å². The van der Waals surface area contributed by atoms with Gasteiger partial charge in [-0.3, -0.25) is 9.59 Å². The summed E-state index contributed by atoms with van der Waals surface area (Å²) in [7, 11) is 4.55. The molecule has 0 saturated carbocycles. The number of anilines is 1. The molecule has 4 rings (SSSR count). The molecule has 1 unspecified atom stereocenters. The number of carbonyl (C=O) groups is 2. The number of amides is 2. The van der Waals surface area contributed by atoms with Gasteiger partial charge in [-0.2, -0.15) is 4.99 Å². The third-order valence-electron chi connectivity index (χ3n) is 5.78. The summed E-state index contributed by atoms with van der Waals surface area (Å²) in [6.45, 7) is 0. The third-order valence-corrected chi connectivity index (χ3v) is 7.03. The van der Waals surface area contributed by atoms with Gasteiger partial charge in [0.15, 0.2) is 11.5 Å². The second kappa shape index (κ2) is 9.77. The van der Waals surface area contributed by atoms with Gasteiger partial charge in [-0.05, 0) is 36.2 Å². The van der Waals surface area contributed by atoms with Gasteiger partial charge in [0.1, 0.15) is 11.8 Å². The van der Waals surface area contributed by atoms with Gasteiger partial charge in [0, 0.05) is 30.7 Å². The molecule has 1 aromatic carbocycles. The second-order valence-electron chi connectivity index (χ2n) is 7.82. The average Bonchev–Trinajstić information content (AvgIpc) is 2.98. The van der Waals surface area contributed by atoms with E-state index in [9.17, 15) is 9.59 Å². The molecule has 2 amide bonds. The van der Waals surface area contributed by atoms with Crippen LogP contribution in [0.5, 0.6) is 17.2 Å². The normalized spacial score (nSPS) is 20.0. The van der Waals surface area contributed by atoms with Crippen LogP contribution in [0.3, 0.4) is 0 Å². The molecule has 2 aliphatic heterocycles. The number of carbonyl (C=O) groups excluding carboxylic acids is 2. The van der Waals surface area contributed by atoms with E-state index in [1.807, 2.05) is 0 Å². The molecule has 1 aromatic rings. The van der Waals surface area contributed by atoms with Crippen LogP contribution in [0.1, 0.15) is 44.9 Å². The Labute approximate surface area is 191 Å². The highest BCUT2D eigenvalue weighted by Crippen LogP contribution is 2.46. The first-order valence-corrected chi connectivity index (χ1v) is 11.5. The minimum atomic E-state index is -0.287. The summed E-state index contributed by atoms with van der Waals surface area (Å²) >= 11 is 1.64. The molecule has 32 heavy (non-hydrogen) atoms. The van der Waals surface area contributed by atoms with Crippen LogP contribution < -0.4 is 19.5 Å². The SMILES string of the molecule is COc1cc(NC(=O)CCC2=NC(=O)C3C(=N2)SC2=C3CCCCC2)cc(OC)c1OC. The number of hydrogen-bond acceptors (Lipinski definition) is 7. The maximum Gasteiger partial charge on any atom is 0.261 e. The fourth-order valence-electron chi connectivity index (χ4n) is 4.23. The molecule has 8 nitrogen and oxygen atoms in total. The molecule has 170 valence electrons. The van der Waals surface area contributed by atoms with Crippen molar-refractivity contribution in [3.63, 3.8) is 0 Å². The summed E-state index contributed by atoms with van der Waals surface area (Å²) in [6, 6.07) is 3.33. The van der Waals surface area contributed by atoms with E-state index in [0.29, 0.717) is 35.2 Å². The van der Waals surface area contributed by atoms with E-state index in [4.69, 9.17) is 14.2 Å². The summed E-state index contributed by atoms with van der Waals surface area (Å²) in [5.74, 6) is 1.13. The molecule has 2 heterocycles. The number of rotatable bonds is 7. The highest BCUT2D eigenvalue weighted by molar-refractivity contribution is 8.17.